The van der Waals surface area contributed by atoms with Crippen molar-refractivity contribution >= 4 is 5.78 Å². The Morgan fingerprint density at radius 3 is 2.44 bits per heavy atom. The monoisotopic (exact) mass is 219 g/mol. The molecule has 88 valence electrons. The van der Waals surface area contributed by atoms with E-state index in [4.69, 9.17) is 0 Å². The Morgan fingerprint density at radius 2 is 1.88 bits per heavy atom. The maximum absolute atomic E-state index is 11.7. The normalized spacial score (nSPS) is 10.4. The van der Waals surface area contributed by atoms with E-state index >= 15 is 0 Å². The van der Waals surface area contributed by atoms with Crippen LogP contribution in [-0.4, -0.2) is 18.9 Å². The van der Waals surface area contributed by atoms with Crippen LogP contribution >= 0.6 is 0 Å². The molecule has 0 heterocycles. The van der Waals surface area contributed by atoms with E-state index in [0.717, 1.165) is 31.5 Å². The number of ketones is 1. The van der Waals surface area contributed by atoms with Crippen LogP contribution in [0.1, 0.15) is 42.6 Å². The summed E-state index contributed by atoms with van der Waals surface area (Å²) in [7, 11) is 0. The number of carbonyl (C=O) groups is 1. The fourth-order valence-corrected chi connectivity index (χ4v) is 1.67. The minimum absolute atomic E-state index is 0.226. The van der Waals surface area contributed by atoms with E-state index in [1.165, 1.54) is 5.56 Å². The van der Waals surface area contributed by atoms with Crippen LogP contribution in [0.5, 0.6) is 0 Å². The van der Waals surface area contributed by atoms with E-state index in [-0.39, 0.29) is 5.78 Å². The maximum atomic E-state index is 11.7. The smallest absolute Gasteiger partial charge is 0.164 e. The molecular formula is C14H21NO. The zero-order valence-electron chi connectivity index (χ0n) is 10.3. The van der Waals surface area contributed by atoms with Gasteiger partial charge in [0.2, 0.25) is 0 Å². The molecule has 0 spiro atoms. The highest BCUT2D eigenvalue weighted by Crippen LogP contribution is 2.08. The third-order valence-electron chi connectivity index (χ3n) is 2.59. The van der Waals surface area contributed by atoms with Gasteiger partial charge in [0.25, 0.3) is 0 Å². The molecule has 16 heavy (non-hydrogen) atoms. The molecule has 1 aromatic rings. The summed E-state index contributed by atoms with van der Waals surface area (Å²) in [6, 6.07) is 8.01. The number of nitrogens with one attached hydrogen (secondary N) is 1. The molecule has 2 nitrogen and oxygen atoms in total. The molecule has 1 N–H and O–H groups in total. The second kappa shape index (κ2) is 7.18. The first-order valence-electron chi connectivity index (χ1n) is 6.10. The topological polar surface area (TPSA) is 29.1 Å². The van der Waals surface area contributed by atoms with Crippen LogP contribution in [-0.2, 0) is 6.42 Å². The Morgan fingerprint density at radius 1 is 1.19 bits per heavy atom. The molecule has 0 saturated carbocycles. The zero-order valence-corrected chi connectivity index (χ0v) is 10.3. The summed E-state index contributed by atoms with van der Waals surface area (Å²) in [4.78, 5) is 11.7. The number of carbonyl (C=O) groups excluding carboxylic acids is 1. The molecule has 0 aliphatic rings. The van der Waals surface area contributed by atoms with Gasteiger partial charge in [-0.25, -0.2) is 0 Å². The number of aryl methyl sites for hydroxylation is 1. The maximum Gasteiger partial charge on any atom is 0.164 e. The molecule has 0 bridgehead atoms. The van der Waals surface area contributed by atoms with Crippen LogP contribution in [0.15, 0.2) is 24.3 Å². The zero-order chi connectivity index (χ0) is 11.8. The van der Waals surface area contributed by atoms with Gasteiger partial charge in [-0.1, -0.05) is 44.5 Å². The van der Waals surface area contributed by atoms with E-state index in [0.29, 0.717) is 6.42 Å². The summed E-state index contributed by atoms with van der Waals surface area (Å²) >= 11 is 0. The molecule has 0 saturated heterocycles. The molecule has 0 radical (unpaired) electrons. The summed E-state index contributed by atoms with van der Waals surface area (Å²) < 4.78 is 0. The predicted molar refractivity (Wildman–Crippen MR) is 67.9 cm³/mol. The van der Waals surface area contributed by atoms with Gasteiger partial charge in [0.1, 0.15) is 0 Å². The molecule has 0 aliphatic carbocycles. The van der Waals surface area contributed by atoms with Crippen LogP contribution in [0.4, 0.5) is 0 Å². The molecule has 0 aromatic heterocycles. The van der Waals surface area contributed by atoms with Gasteiger partial charge in [-0.3, -0.25) is 4.79 Å². The van der Waals surface area contributed by atoms with Gasteiger partial charge in [0, 0.05) is 18.5 Å². The fourth-order valence-electron chi connectivity index (χ4n) is 1.67. The Balaban J connectivity index is 2.49. The van der Waals surface area contributed by atoms with Gasteiger partial charge in [-0.2, -0.15) is 0 Å². The highest BCUT2D eigenvalue weighted by Gasteiger charge is 2.04. The Bertz CT molecular complexity index is 316. The molecule has 0 fully saturated rings. The number of hydrogen-bond donors (Lipinski definition) is 1. The number of rotatable bonds is 7. The van der Waals surface area contributed by atoms with E-state index in [9.17, 15) is 4.79 Å². The van der Waals surface area contributed by atoms with Crippen molar-refractivity contribution in [2.24, 2.45) is 0 Å². The van der Waals surface area contributed by atoms with Gasteiger partial charge in [0.05, 0.1) is 0 Å². The lowest BCUT2D eigenvalue weighted by atomic mass is 10.0. The van der Waals surface area contributed by atoms with Crippen molar-refractivity contribution in [1.29, 1.82) is 0 Å². The van der Waals surface area contributed by atoms with E-state index < -0.39 is 0 Å². The van der Waals surface area contributed by atoms with Crippen LogP contribution < -0.4 is 5.32 Å². The van der Waals surface area contributed by atoms with Crippen molar-refractivity contribution in [3.05, 3.63) is 35.4 Å². The number of hydrogen-bond acceptors (Lipinski definition) is 2. The standard InChI is InChI=1S/C14H21NO/c1-3-5-12-6-8-13(9-7-12)14(16)10-11-15-4-2/h6-9,15H,3-5,10-11H2,1-2H3. The first kappa shape index (κ1) is 12.9. The summed E-state index contributed by atoms with van der Waals surface area (Å²) in [5, 5.41) is 3.16. The Hall–Kier alpha value is -1.15. The predicted octanol–water partition coefficient (Wildman–Crippen LogP) is 2.82. The molecule has 1 aromatic carbocycles. The second-order valence-corrected chi connectivity index (χ2v) is 3.97. The van der Waals surface area contributed by atoms with Crippen LogP contribution in [0, 0.1) is 0 Å². The van der Waals surface area contributed by atoms with Crippen molar-refractivity contribution in [3.63, 3.8) is 0 Å². The van der Waals surface area contributed by atoms with Crippen molar-refractivity contribution in [2.75, 3.05) is 13.1 Å². The lowest BCUT2D eigenvalue weighted by Crippen LogP contribution is -2.17. The van der Waals surface area contributed by atoms with E-state index in [2.05, 4.69) is 24.4 Å². The minimum Gasteiger partial charge on any atom is -0.317 e. The average molecular weight is 219 g/mol. The molecule has 0 atom stereocenters. The molecule has 0 aliphatic heterocycles. The average Bonchev–Trinajstić information content (AvgIpc) is 2.30. The highest BCUT2D eigenvalue weighted by molar-refractivity contribution is 5.96. The Kier molecular flexibility index (Phi) is 5.79. The minimum atomic E-state index is 0.226. The van der Waals surface area contributed by atoms with E-state index in [1.807, 2.05) is 19.1 Å². The molecule has 1 rings (SSSR count). The van der Waals surface area contributed by atoms with Crippen LogP contribution in [0.2, 0.25) is 0 Å². The summed E-state index contributed by atoms with van der Waals surface area (Å²) in [6.07, 6.45) is 2.82. The van der Waals surface area contributed by atoms with Crippen molar-refractivity contribution in [1.82, 2.24) is 5.32 Å². The summed E-state index contributed by atoms with van der Waals surface area (Å²) in [6.45, 7) is 5.90. The first-order chi connectivity index (χ1) is 7.77. The number of Topliss-reactive ketones (excluding diaryl/α,β-unsaturated/α-hetero) is 1. The molecule has 2 heteroatoms. The fraction of sp³-hybridized carbons (Fsp3) is 0.500. The molecule has 0 unspecified atom stereocenters. The van der Waals surface area contributed by atoms with Crippen LogP contribution in [0.25, 0.3) is 0 Å². The van der Waals surface area contributed by atoms with Crippen LogP contribution in [0.3, 0.4) is 0 Å². The van der Waals surface area contributed by atoms with Gasteiger partial charge >= 0.3 is 0 Å². The van der Waals surface area contributed by atoms with Gasteiger partial charge < -0.3 is 5.32 Å². The quantitative estimate of drug-likeness (QED) is 0.564. The van der Waals surface area contributed by atoms with E-state index in [1.54, 1.807) is 0 Å². The molecular weight excluding hydrogens is 198 g/mol. The number of benzene rings is 1. The summed E-state index contributed by atoms with van der Waals surface area (Å²) in [5.74, 6) is 0.226. The lowest BCUT2D eigenvalue weighted by molar-refractivity contribution is 0.0983. The third kappa shape index (κ3) is 4.15. The largest absolute Gasteiger partial charge is 0.317 e. The molecule has 0 amide bonds. The third-order valence-corrected chi connectivity index (χ3v) is 2.59. The summed E-state index contributed by atoms with van der Waals surface area (Å²) in [5.41, 5.74) is 2.14. The Labute approximate surface area is 98.1 Å². The second-order valence-electron chi connectivity index (χ2n) is 3.97. The van der Waals surface area contributed by atoms with Gasteiger partial charge in [0.15, 0.2) is 5.78 Å². The van der Waals surface area contributed by atoms with Crippen molar-refractivity contribution in [2.45, 2.75) is 33.1 Å². The lowest BCUT2D eigenvalue weighted by Gasteiger charge is -2.03. The van der Waals surface area contributed by atoms with Gasteiger partial charge in [-0.15, -0.1) is 0 Å². The van der Waals surface area contributed by atoms with Gasteiger partial charge in [-0.05, 0) is 18.5 Å². The van der Waals surface area contributed by atoms with Crippen molar-refractivity contribution in [3.8, 4) is 0 Å². The first-order valence-corrected chi connectivity index (χ1v) is 6.10. The van der Waals surface area contributed by atoms with Crippen molar-refractivity contribution < 1.29 is 4.79 Å². The SMILES string of the molecule is CCCc1ccc(C(=O)CCNCC)cc1. The highest BCUT2D eigenvalue weighted by atomic mass is 16.1.